The van der Waals surface area contributed by atoms with Crippen LogP contribution in [-0.4, -0.2) is 35.2 Å². The third-order valence-electron chi connectivity index (χ3n) is 4.58. The van der Waals surface area contributed by atoms with Gasteiger partial charge >= 0.3 is 0 Å². The topological polar surface area (TPSA) is 73.0 Å². The average molecular weight is 341 g/mol. The van der Waals surface area contributed by atoms with Crippen molar-refractivity contribution in [2.24, 2.45) is 0 Å². The van der Waals surface area contributed by atoms with Gasteiger partial charge in [-0.1, -0.05) is 19.4 Å². The zero-order chi connectivity index (χ0) is 17.5. The quantitative estimate of drug-likeness (QED) is 0.690. The van der Waals surface area contributed by atoms with E-state index in [0.717, 1.165) is 37.3 Å². The summed E-state index contributed by atoms with van der Waals surface area (Å²) in [6.45, 7) is 4.89. The highest BCUT2D eigenvalue weighted by molar-refractivity contribution is 5.95. The Morgan fingerprint density at radius 1 is 1.32 bits per heavy atom. The summed E-state index contributed by atoms with van der Waals surface area (Å²) in [4.78, 5) is 15.1. The highest BCUT2D eigenvalue weighted by Gasteiger charge is 2.18. The van der Waals surface area contributed by atoms with Gasteiger partial charge in [0.15, 0.2) is 0 Å². The van der Waals surface area contributed by atoms with E-state index in [0.29, 0.717) is 6.54 Å². The lowest BCUT2D eigenvalue weighted by molar-refractivity contribution is -0.118. The fourth-order valence-electron chi connectivity index (χ4n) is 3.22. The molecule has 1 atom stereocenters. The van der Waals surface area contributed by atoms with Gasteiger partial charge in [0.25, 0.3) is 0 Å². The van der Waals surface area contributed by atoms with Gasteiger partial charge in [0, 0.05) is 42.9 Å². The minimum atomic E-state index is -0.219. The zero-order valence-electron chi connectivity index (χ0n) is 14.8. The number of hydrogen-bond donors (Lipinski definition) is 3. The standard InChI is InChI=1S/C19H27N5O/c1-2-6-18(20-14-16-9-10-21-23-16)19(25)22-15-7-5-8-17(13-15)24-11-3-4-12-24/h5,7-10,13,18,20H,2-4,6,11-12,14H2,1H3,(H,21,23)(H,22,25). The second-order valence-corrected chi connectivity index (χ2v) is 6.54. The highest BCUT2D eigenvalue weighted by Crippen LogP contribution is 2.23. The van der Waals surface area contributed by atoms with Gasteiger partial charge in [-0.2, -0.15) is 5.10 Å². The van der Waals surface area contributed by atoms with Crippen molar-refractivity contribution < 1.29 is 4.79 Å². The van der Waals surface area contributed by atoms with Crippen molar-refractivity contribution in [2.45, 2.75) is 45.2 Å². The van der Waals surface area contributed by atoms with Crippen molar-refractivity contribution in [3.8, 4) is 0 Å². The minimum absolute atomic E-state index is 0.0138. The minimum Gasteiger partial charge on any atom is -0.371 e. The van der Waals surface area contributed by atoms with E-state index in [4.69, 9.17) is 0 Å². The van der Waals surface area contributed by atoms with Crippen molar-refractivity contribution in [2.75, 3.05) is 23.3 Å². The molecule has 1 saturated heterocycles. The van der Waals surface area contributed by atoms with Crippen molar-refractivity contribution in [1.82, 2.24) is 15.5 Å². The number of aromatic amines is 1. The summed E-state index contributed by atoms with van der Waals surface area (Å²) in [5, 5.41) is 13.2. The first kappa shape index (κ1) is 17.5. The molecule has 25 heavy (non-hydrogen) atoms. The van der Waals surface area contributed by atoms with Crippen LogP contribution in [0.1, 0.15) is 38.3 Å². The number of aromatic nitrogens is 2. The summed E-state index contributed by atoms with van der Waals surface area (Å²) in [5.41, 5.74) is 3.02. The second kappa shape index (κ2) is 8.67. The summed E-state index contributed by atoms with van der Waals surface area (Å²) in [6.07, 6.45) is 5.95. The van der Waals surface area contributed by atoms with Gasteiger partial charge in [0.2, 0.25) is 5.91 Å². The van der Waals surface area contributed by atoms with E-state index in [-0.39, 0.29) is 11.9 Å². The smallest absolute Gasteiger partial charge is 0.241 e. The molecule has 2 heterocycles. The molecule has 0 radical (unpaired) electrons. The first-order valence-electron chi connectivity index (χ1n) is 9.14. The highest BCUT2D eigenvalue weighted by atomic mass is 16.2. The third kappa shape index (κ3) is 4.82. The van der Waals surface area contributed by atoms with Crippen LogP contribution in [0.3, 0.4) is 0 Å². The summed E-state index contributed by atoms with van der Waals surface area (Å²) in [7, 11) is 0. The molecule has 134 valence electrons. The van der Waals surface area contributed by atoms with Crippen molar-refractivity contribution in [1.29, 1.82) is 0 Å². The van der Waals surface area contributed by atoms with Crippen molar-refractivity contribution in [3.63, 3.8) is 0 Å². The number of rotatable bonds is 8. The number of carbonyl (C=O) groups is 1. The lowest BCUT2D eigenvalue weighted by atomic mass is 10.1. The lowest BCUT2D eigenvalue weighted by Gasteiger charge is -2.20. The SMILES string of the molecule is CCCC(NCc1ccn[nH]1)C(=O)Nc1cccc(N2CCCC2)c1. The van der Waals surface area contributed by atoms with Gasteiger partial charge in [-0.05, 0) is 43.5 Å². The molecule has 1 aliphatic heterocycles. The number of nitrogens with zero attached hydrogens (tertiary/aromatic N) is 2. The Labute approximate surface area is 149 Å². The van der Waals surface area contributed by atoms with Crippen LogP contribution < -0.4 is 15.5 Å². The zero-order valence-corrected chi connectivity index (χ0v) is 14.8. The summed E-state index contributed by atoms with van der Waals surface area (Å²) in [6, 6.07) is 9.84. The number of anilines is 2. The van der Waals surface area contributed by atoms with E-state index in [9.17, 15) is 4.79 Å². The van der Waals surface area contributed by atoms with Gasteiger partial charge in [0.05, 0.1) is 6.04 Å². The maximum atomic E-state index is 12.7. The van der Waals surface area contributed by atoms with Gasteiger partial charge in [-0.15, -0.1) is 0 Å². The number of benzene rings is 1. The van der Waals surface area contributed by atoms with E-state index in [1.807, 2.05) is 18.2 Å². The largest absolute Gasteiger partial charge is 0.371 e. The molecule has 0 bridgehead atoms. The lowest BCUT2D eigenvalue weighted by Crippen LogP contribution is -2.40. The summed E-state index contributed by atoms with van der Waals surface area (Å²) >= 11 is 0. The van der Waals surface area contributed by atoms with Gasteiger partial charge in [-0.25, -0.2) is 0 Å². The maximum absolute atomic E-state index is 12.7. The molecule has 1 unspecified atom stereocenters. The fourth-order valence-corrected chi connectivity index (χ4v) is 3.22. The molecule has 6 nitrogen and oxygen atoms in total. The van der Waals surface area contributed by atoms with E-state index >= 15 is 0 Å². The van der Waals surface area contributed by atoms with Crippen LogP contribution in [0.4, 0.5) is 11.4 Å². The predicted molar refractivity (Wildman–Crippen MR) is 101 cm³/mol. The molecule has 1 fully saturated rings. The third-order valence-corrected chi connectivity index (χ3v) is 4.58. The van der Waals surface area contributed by atoms with E-state index in [2.05, 4.69) is 44.8 Å². The fraction of sp³-hybridized carbons (Fsp3) is 0.474. The summed E-state index contributed by atoms with van der Waals surface area (Å²) in [5.74, 6) is 0.0138. The van der Waals surface area contributed by atoms with E-state index in [1.54, 1.807) is 6.20 Å². The van der Waals surface area contributed by atoms with E-state index < -0.39 is 0 Å². The Balaban J connectivity index is 1.60. The van der Waals surface area contributed by atoms with Crippen LogP contribution in [0, 0.1) is 0 Å². The molecule has 3 rings (SSSR count). The molecule has 0 saturated carbocycles. The number of carbonyl (C=O) groups excluding carboxylic acids is 1. The molecule has 1 aliphatic rings. The van der Waals surface area contributed by atoms with Gasteiger partial charge < -0.3 is 15.5 Å². The number of H-pyrrole nitrogens is 1. The van der Waals surface area contributed by atoms with Crippen LogP contribution in [0.25, 0.3) is 0 Å². The Morgan fingerprint density at radius 2 is 2.16 bits per heavy atom. The van der Waals surface area contributed by atoms with Crippen molar-refractivity contribution >= 4 is 17.3 Å². The van der Waals surface area contributed by atoms with Crippen LogP contribution in [0.15, 0.2) is 36.5 Å². The second-order valence-electron chi connectivity index (χ2n) is 6.54. The van der Waals surface area contributed by atoms with Crippen molar-refractivity contribution in [3.05, 3.63) is 42.2 Å². The molecular formula is C19H27N5O. The van der Waals surface area contributed by atoms with Gasteiger partial charge in [0.1, 0.15) is 0 Å². The molecule has 0 aliphatic carbocycles. The maximum Gasteiger partial charge on any atom is 0.241 e. The van der Waals surface area contributed by atoms with Crippen LogP contribution in [0.2, 0.25) is 0 Å². The van der Waals surface area contributed by atoms with Crippen LogP contribution >= 0.6 is 0 Å². The number of hydrogen-bond acceptors (Lipinski definition) is 4. The molecule has 1 aromatic carbocycles. The number of nitrogens with one attached hydrogen (secondary N) is 3. The van der Waals surface area contributed by atoms with E-state index in [1.165, 1.54) is 18.5 Å². The van der Waals surface area contributed by atoms with Crippen LogP contribution in [0.5, 0.6) is 0 Å². The molecular weight excluding hydrogens is 314 g/mol. The monoisotopic (exact) mass is 341 g/mol. The predicted octanol–water partition coefficient (Wildman–Crippen LogP) is 2.91. The molecule has 0 spiro atoms. The normalized spacial score (nSPS) is 15.3. The van der Waals surface area contributed by atoms with Gasteiger partial charge in [-0.3, -0.25) is 9.89 Å². The Morgan fingerprint density at radius 3 is 2.88 bits per heavy atom. The first-order valence-corrected chi connectivity index (χ1v) is 9.14. The van der Waals surface area contributed by atoms with Crippen LogP contribution in [-0.2, 0) is 11.3 Å². The molecule has 1 aromatic heterocycles. The Hall–Kier alpha value is -2.34. The molecule has 1 amide bonds. The Bertz CT molecular complexity index is 664. The summed E-state index contributed by atoms with van der Waals surface area (Å²) < 4.78 is 0. The number of amides is 1. The molecule has 2 aromatic rings. The Kier molecular flexibility index (Phi) is 6.06. The average Bonchev–Trinajstić information content (AvgIpc) is 3.32. The first-order chi connectivity index (χ1) is 12.3. The molecule has 6 heteroatoms. The molecule has 3 N–H and O–H groups in total.